The molecule has 1 aliphatic heterocycles. The molecule has 0 N–H and O–H groups in total. The van der Waals surface area contributed by atoms with Crippen molar-refractivity contribution in [3.8, 4) is 0 Å². The lowest BCUT2D eigenvalue weighted by molar-refractivity contribution is -0.125. The number of aldehydes is 1. The van der Waals surface area contributed by atoms with Crippen LogP contribution in [0.25, 0.3) is 0 Å². The highest BCUT2D eigenvalue weighted by atomic mass is 16.5. The number of allylic oxidation sites excluding steroid dienone is 1. The quantitative estimate of drug-likeness (QED) is 0.344. The van der Waals surface area contributed by atoms with Crippen LogP contribution in [0.2, 0.25) is 0 Å². The van der Waals surface area contributed by atoms with Gasteiger partial charge in [0.05, 0.1) is 11.5 Å². The molecule has 2 heteroatoms. The zero-order valence-corrected chi connectivity index (χ0v) is 12.7. The maximum absolute atomic E-state index is 11.8. The van der Waals surface area contributed by atoms with Crippen molar-refractivity contribution >= 4 is 6.29 Å². The molecule has 1 fully saturated rings. The highest BCUT2D eigenvalue weighted by Gasteiger charge is 2.37. The summed E-state index contributed by atoms with van der Waals surface area (Å²) < 4.78 is 5.91. The van der Waals surface area contributed by atoms with Crippen molar-refractivity contribution in [1.82, 2.24) is 0 Å². The number of ether oxygens (including phenoxy) is 1. The van der Waals surface area contributed by atoms with Gasteiger partial charge in [-0.25, -0.2) is 0 Å². The Bertz CT molecular complexity index is 266. The van der Waals surface area contributed by atoms with Gasteiger partial charge in [0.25, 0.3) is 0 Å². The van der Waals surface area contributed by atoms with Crippen molar-refractivity contribution in [2.24, 2.45) is 5.41 Å². The van der Waals surface area contributed by atoms with E-state index in [2.05, 4.69) is 26.0 Å². The molecule has 1 saturated heterocycles. The number of rotatable bonds is 9. The molecule has 2 atom stereocenters. The number of unbranched alkanes of at least 4 members (excludes halogenated alkanes) is 3. The summed E-state index contributed by atoms with van der Waals surface area (Å²) in [6, 6.07) is 0. The Morgan fingerprint density at radius 3 is 2.58 bits per heavy atom. The molecule has 2 nitrogen and oxygen atoms in total. The molecular weight excluding hydrogens is 236 g/mol. The second-order valence-corrected chi connectivity index (χ2v) is 5.73. The van der Waals surface area contributed by atoms with Crippen molar-refractivity contribution < 1.29 is 9.53 Å². The van der Waals surface area contributed by atoms with Crippen molar-refractivity contribution in [1.29, 1.82) is 0 Å². The van der Waals surface area contributed by atoms with Gasteiger partial charge in [0.15, 0.2) is 0 Å². The lowest BCUT2D eigenvalue weighted by Gasteiger charge is -2.36. The van der Waals surface area contributed by atoms with E-state index in [4.69, 9.17) is 4.74 Å². The summed E-state index contributed by atoms with van der Waals surface area (Å²) in [5.41, 5.74) is -0.371. The van der Waals surface area contributed by atoms with Crippen LogP contribution in [0, 0.1) is 5.41 Å². The van der Waals surface area contributed by atoms with Gasteiger partial charge >= 0.3 is 0 Å². The van der Waals surface area contributed by atoms with Crippen molar-refractivity contribution in [3.63, 3.8) is 0 Å². The Labute approximate surface area is 118 Å². The third-order valence-electron chi connectivity index (χ3n) is 4.11. The summed E-state index contributed by atoms with van der Waals surface area (Å²) in [4.78, 5) is 11.8. The van der Waals surface area contributed by atoms with Gasteiger partial charge in [-0.1, -0.05) is 51.7 Å². The molecule has 0 bridgehead atoms. The molecule has 0 amide bonds. The predicted molar refractivity (Wildman–Crippen MR) is 80.3 cm³/mol. The number of carbonyl (C=O) groups is 1. The van der Waals surface area contributed by atoms with Crippen LogP contribution in [0.4, 0.5) is 0 Å². The fourth-order valence-corrected chi connectivity index (χ4v) is 2.80. The zero-order valence-electron chi connectivity index (χ0n) is 12.7. The number of hydrogen-bond donors (Lipinski definition) is 0. The first-order valence-corrected chi connectivity index (χ1v) is 8.04. The Hall–Kier alpha value is -0.630. The van der Waals surface area contributed by atoms with Crippen LogP contribution in [0.15, 0.2) is 12.2 Å². The maximum Gasteiger partial charge on any atom is 0.132 e. The van der Waals surface area contributed by atoms with Gasteiger partial charge in [0.2, 0.25) is 0 Å². The Morgan fingerprint density at radius 1 is 1.21 bits per heavy atom. The second-order valence-electron chi connectivity index (χ2n) is 5.73. The standard InChI is InChI=1S/C17H30O2/c1-3-5-7-9-13-17(15-18,12-6-4-2)16-11-8-10-14-19-16/h9,13,15-16H,3-8,10-12,14H2,1-2H3/b13-9+/t16-,17-/m0/s1. The summed E-state index contributed by atoms with van der Waals surface area (Å²) in [7, 11) is 0. The van der Waals surface area contributed by atoms with E-state index in [-0.39, 0.29) is 11.5 Å². The van der Waals surface area contributed by atoms with Crippen LogP contribution < -0.4 is 0 Å². The van der Waals surface area contributed by atoms with Gasteiger partial charge < -0.3 is 9.53 Å². The van der Waals surface area contributed by atoms with Gasteiger partial charge in [-0.3, -0.25) is 0 Å². The first-order chi connectivity index (χ1) is 9.29. The van der Waals surface area contributed by atoms with E-state index >= 15 is 0 Å². The lowest BCUT2D eigenvalue weighted by atomic mass is 9.75. The topological polar surface area (TPSA) is 26.3 Å². The molecule has 19 heavy (non-hydrogen) atoms. The summed E-state index contributed by atoms with van der Waals surface area (Å²) in [6.45, 7) is 5.19. The van der Waals surface area contributed by atoms with E-state index in [1.165, 1.54) is 19.3 Å². The fraction of sp³-hybridized carbons (Fsp3) is 0.824. The smallest absolute Gasteiger partial charge is 0.132 e. The third kappa shape index (κ3) is 5.10. The molecular formula is C17H30O2. The minimum Gasteiger partial charge on any atom is -0.377 e. The molecule has 0 aromatic carbocycles. The van der Waals surface area contributed by atoms with Crippen LogP contribution in [0.5, 0.6) is 0 Å². The van der Waals surface area contributed by atoms with Crippen molar-refractivity contribution in [2.45, 2.75) is 77.7 Å². The van der Waals surface area contributed by atoms with E-state index in [1.807, 2.05) is 0 Å². The first kappa shape index (κ1) is 16.4. The van der Waals surface area contributed by atoms with Crippen LogP contribution in [0.1, 0.15) is 71.6 Å². The van der Waals surface area contributed by atoms with Crippen molar-refractivity contribution in [2.75, 3.05) is 6.61 Å². The van der Waals surface area contributed by atoms with Crippen molar-refractivity contribution in [3.05, 3.63) is 12.2 Å². The minimum atomic E-state index is -0.371. The molecule has 1 rings (SSSR count). The number of hydrogen-bond acceptors (Lipinski definition) is 2. The fourth-order valence-electron chi connectivity index (χ4n) is 2.80. The molecule has 1 aliphatic rings. The average molecular weight is 266 g/mol. The normalized spacial score (nSPS) is 23.4. The Balaban J connectivity index is 2.73. The first-order valence-electron chi connectivity index (χ1n) is 8.04. The molecule has 0 aromatic heterocycles. The van der Waals surface area contributed by atoms with Crippen LogP contribution >= 0.6 is 0 Å². The average Bonchev–Trinajstić information content (AvgIpc) is 2.48. The molecule has 0 unspecified atom stereocenters. The van der Waals surface area contributed by atoms with E-state index in [9.17, 15) is 4.79 Å². The lowest BCUT2D eigenvalue weighted by Crippen LogP contribution is -2.39. The predicted octanol–water partition coefficient (Wildman–Crippen LogP) is 4.68. The Morgan fingerprint density at radius 2 is 2.00 bits per heavy atom. The summed E-state index contributed by atoms with van der Waals surface area (Å²) >= 11 is 0. The number of carbonyl (C=O) groups excluding carboxylic acids is 1. The van der Waals surface area contributed by atoms with E-state index < -0.39 is 0 Å². The highest BCUT2D eigenvalue weighted by molar-refractivity contribution is 5.64. The molecule has 0 saturated carbocycles. The summed E-state index contributed by atoms with van der Waals surface area (Å²) in [5, 5.41) is 0. The molecule has 0 spiro atoms. The van der Waals surface area contributed by atoms with E-state index in [1.54, 1.807) is 0 Å². The molecule has 0 aliphatic carbocycles. The molecule has 0 aromatic rings. The van der Waals surface area contributed by atoms with E-state index in [0.29, 0.717) is 0 Å². The monoisotopic (exact) mass is 266 g/mol. The zero-order chi connectivity index (χ0) is 14.0. The van der Waals surface area contributed by atoms with Gasteiger partial charge in [-0.05, 0) is 32.1 Å². The second kappa shape index (κ2) is 9.30. The highest BCUT2D eigenvalue weighted by Crippen LogP contribution is 2.35. The van der Waals surface area contributed by atoms with Crippen LogP contribution in [-0.2, 0) is 9.53 Å². The van der Waals surface area contributed by atoms with Crippen LogP contribution in [0.3, 0.4) is 0 Å². The van der Waals surface area contributed by atoms with Crippen LogP contribution in [-0.4, -0.2) is 19.0 Å². The Kier molecular flexibility index (Phi) is 8.04. The molecule has 1 heterocycles. The van der Waals surface area contributed by atoms with Gasteiger partial charge in [-0.2, -0.15) is 0 Å². The largest absolute Gasteiger partial charge is 0.377 e. The minimum absolute atomic E-state index is 0.100. The molecule has 0 radical (unpaired) electrons. The maximum atomic E-state index is 11.8. The van der Waals surface area contributed by atoms with E-state index in [0.717, 1.165) is 51.4 Å². The SMILES string of the molecule is CCCC/C=C/[C@](C=O)(CCCC)[C@@H]1CCCCO1. The molecule has 110 valence electrons. The van der Waals surface area contributed by atoms with Gasteiger partial charge in [-0.15, -0.1) is 0 Å². The van der Waals surface area contributed by atoms with Gasteiger partial charge in [0, 0.05) is 6.61 Å². The van der Waals surface area contributed by atoms with Gasteiger partial charge in [0.1, 0.15) is 6.29 Å². The summed E-state index contributed by atoms with van der Waals surface area (Å²) in [5.74, 6) is 0. The third-order valence-corrected chi connectivity index (χ3v) is 4.11. The summed E-state index contributed by atoms with van der Waals surface area (Å²) in [6.07, 6.45) is 15.6.